The minimum absolute atomic E-state index is 0.0358. The van der Waals surface area contributed by atoms with E-state index in [2.05, 4.69) is 513 Å². The Kier molecular flexibility index (Phi) is 22.1. The van der Waals surface area contributed by atoms with Crippen molar-refractivity contribution in [3.63, 3.8) is 0 Å². The van der Waals surface area contributed by atoms with E-state index in [9.17, 15) is 0 Å². The monoisotopic (exact) mass is 1860 g/mol. The summed E-state index contributed by atoms with van der Waals surface area (Å²) in [4.78, 5) is 0. The zero-order valence-electron chi connectivity index (χ0n) is 81.4. The molecule has 0 saturated carbocycles. The summed E-state index contributed by atoms with van der Waals surface area (Å²) in [6.07, 6.45) is 0. The first-order valence-corrected chi connectivity index (χ1v) is 50.4. The van der Waals surface area contributed by atoms with Crippen molar-refractivity contribution in [2.45, 2.75) is 33.1 Å². The van der Waals surface area contributed by atoms with Gasteiger partial charge < -0.3 is 13.3 Å². The van der Waals surface area contributed by atoms with E-state index in [-0.39, 0.29) is 5.41 Å². The molecule has 0 unspecified atom stereocenters. The Balaban J connectivity index is 0.000000111. The average molecular weight is 1860 g/mol. The third-order valence-corrected chi connectivity index (χ3v) is 29.6. The van der Waals surface area contributed by atoms with Gasteiger partial charge in [-0.15, -0.1) is 0 Å². The van der Waals surface area contributed by atoms with Crippen LogP contribution in [0.4, 0.5) is 0 Å². The van der Waals surface area contributed by atoms with E-state index in [0.29, 0.717) is 0 Å². The van der Waals surface area contributed by atoms with Crippen LogP contribution in [0.2, 0.25) is 0 Å². The topological polar surface area (TPSA) is 39.4 Å². The quantitative estimate of drug-likeness (QED) is 0.108. The van der Waals surface area contributed by atoms with Crippen LogP contribution in [0.3, 0.4) is 0 Å². The lowest BCUT2D eigenvalue weighted by atomic mass is 9.81. The van der Waals surface area contributed by atoms with Crippen LogP contribution in [0.1, 0.15) is 31.9 Å². The maximum Gasteiger partial charge on any atom is 0.135 e. The van der Waals surface area contributed by atoms with Crippen molar-refractivity contribution >= 4 is 130 Å². The van der Waals surface area contributed by atoms with Gasteiger partial charge in [-0.3, -0.25) is 0 Å². The van der Waals surface area contributed by atoms with Crippen molar-refractivity contribution in [1.82, 2.24) is 0 Å². The summed E-state index contributed by atoms with van der Waals surface area (Å²) in [5.74, 6) is 0. The first-order chi connectivity index (χ1) is 71.9. The molecule has 3 nitrogen and oxygen atoms in total. The SMILES string of the molecule is CC(C)(C)c1ccc2c(-c3ccccc3)c3cc(-c4cccc(-c5ccc6oc7ccccc7c6c5)c4)ccc3c(-c3ccccc3)c2c1.Cc1ccc2c(-c3ccccc3)c3cc(-c4cccc(-c5ccc6oc7ccccc7c6c5)c4)ccc3c(-c3ccccc3)c2c1.c1ccc(-c2ccc3c(-c4ccccc4)c4cc(-c5cccc(-c6ccc7oc8ccccc8c7c6)c5)ccc4c(-c4ccccc4)c3c2)cc1. The molecule has 146 heavy (non-hydrogen) atoms. The number of benzene rings is 25. The van der Waals surface area contributed by atoms with E-state index >= 15 is 0 Å². The number of hydrogen-bond donors (Lipinski definition) is 0. The molecule has 0 fully saturated rings. The molecule has 0 bridgehead atoms. The van der Waals surface area contributed by atoms with Crippen LogP contribution in [-0.4, -0.2) is 0 Å². The zero-order chi connectivity index (χ0) is 97.5. The van der Waals surface area contributed by atoms with Crippen LogP contribution in [0, 0.1) is 6.92 Å². The first-order valence-electron chi connectivity index (χ1n) is 50.4. The molecule has 688 valence electrons. The number of furan rings is 3. The first kappa shape index (κ1) is 87.7. The van der Waals surface area contributed by atoms with Gasteiger partial charge in [0.1, 0.15) is 33.5 Å². The third-order valence-electron chi connectivity index (χ3n) is 29.6. The van der Waals surface area contributed by atoms with Gasteiger partial charge in [0.05, 0.1) is 0 Å². The highest BCUT2D eigenvalue weighted by atomic mass is 16.3. The Morgan fingerprint density at radius 2 is 0.315 bits per heavy atom. The van der Waals surface area contributed by atoms with E-state index in [4.69, 9.17) is 13.3 Å². The maximum atomic E-state index is 6.13. The van der Waals surface area contributed by atoms with Gasteiger partial charge in [-0.25, -0.2) is 0 Å². The second-order valence-electron chi connectivity index (χ2n) is 39.6. The van der Waals surface area contributed by atoms with E-state index in [1.54, 1.807) is 0 Å². The Labute approximate surface area is 848 Å². The molecule has 0 spiro atoms. The van der Waals surface area contributed by atoms with Crippen LogP contribution in [0.15, 0.2) is 535 Å². The highest BCUT2D eigenvalue weighted by molar-refractivity contribution is 6.26. The molecule has 0 atom stereocenters. The van der Waals surface area contributed by atoms with Crippen LogP contribution < -0.4 is 0 Å². The van der Waals surface area contributed by atoms with Crippen LogP contribution in [-0.2, 0) is 5.41 Å². The normalized spacial score (nSPS) is 11.7. The highest BCUT2D eigenvalue weighted by Crippen LogP contribution is 2.52. The molecule has 3 aromatic heterocycles. The number of fused-ring (bicyclic) bond motifs is 15. The number of aryl methyl sites for hydroxylation is 1. The molecule has 0 aliphatic rings. The molecule has 0 aliphatic heterocycles. The van der Waals surface area contributed by atoms with Crippen LogP contribution >= 0.6 is 0 Å². The fraction of sp³-hybridized carbons (Fsp3) is 0.0350. The number of hydrogen-bond acceptors (Lipinski definition) is 3. The molecule has 0 N–H and O–H groups in total. The van der Waals surface area contributed by atoms with E-state index in [1.165, 1.54) is 220 Å². The summed E-state index contributed by atoms with van der Waals surface area (Å²) in [5, 5.41) is 22.0. The standard InChI is InChI=1S/C50H32O.C48H36O.C45H30O/c1-4-13-33(14-5-1)38-23-26-42-45(31-38)49(34-15-6-2-7-16-34)43-27-24-39(32-46(43)50(42)35-17-8-3-9-18-35)36-19-12-20-37(29-36)40-25-28-48-44(30-40)41-21-10-11-22-47(41)51-48;1-48(2,3)37-23-25-40-43(30-37)47(32-15-8-5-9-16-32)39-24-21-35(29-42(39)46(40)31-13-6-4-7-14-31)33-17-12-18-34(27-33)36-22-26-45-41(28-36)38-19-10-11-20-44(38)49-45;1-29-19-22-37-40(25-29)44(30-11-4-2-5-12-30)38-23-20-34(28-41(38)45(37)31-13-6-3-7-14-31)32-15-10-16-33(26-32)35-21-24-43-39(27-35)36-17-8-9-18-42(36)46-43/h1-32H;4-30H,1-3H3;2-28H,1H3. The van der Waals surface area contributed by atoms with Crippen LogP contribution in [0.25, 0.3) is 275 Å². The maximum absolute atomic E-state index is 6.13. The summed E-state index contributed by atoms with van der Waals surface area (Å²) in [6.45, 7) is 9.07. The summed E-state index contributed by atoms with van der Waals surface area (Å²) in [5.41, 5.74) is 39.9. The van der Waals surface area contributed by atoms with E-state index < -0.39 is 0 Å². The molecule has 25 aromatic carbocycles. The molecule has 0 amide bonds. The molecule has 3 heterocycles. The van der Waals surface area contributed by atoms with Crippen molar-refractivity contribution in [2.75, 3.05) is 0 Å². The lowest BCUT2D eigenvalue weighted by Gasteiger charge is -2.23. The molecule has 3 heteroatoms. The van der Waals surface area contributed by atoms with Gasteiger partial charge in [0, 0.05) is 32.3 Å². The summed E-state index contributed by atoms with van der Waals surface area (Å²) >= 11 is 0. The second kappa shape index (κ2) is 36.8. The molecule has 0 saturated heterocycles. The molecular weight excluding hydrogens is 1770 g/mol. The smallest absolute Gasteiger partial charge is 0.135 e. The van der Waals surface area contributed by atoms with Gasteiger partial charge in [0.15, 0.2) is 0 Å². The molecule has 28 aromatic rings. The van der Waals surface area contributed by atoms with E-state index in [1.807, 2.05) is 36.4 Å². The third kappa shape index (κ3) is 16.1. The molecule has 0 aliphatic carbocycles. The predicted molar refractivity (Wildman–Crippen MR) is 620 cm³/mol. The van der Waals surface area contributed by atoms with Crippen molar-refractivity contribution in [1.29, 1.82) is 0 Å². The molecule has 0 radical (unpaired) electrons. The van der Waals surface area contributed by atoms with Gasteiger partial charge in [-0.1, -0.05) is 445 Å². The van der Waals surface area contributed by atoms with Gasteiger partial charge in [-0.05, 0) is 330 Å². The lowest BCUT2D eigenvalue weighted by Crippen LogP contribution is -2.10. The number of para-hydroxylation sites is 3. The van der Waals surface area contributed by atoms with Gasteiger partial charge in [-0.2, -0.15) is 0 Å². The Morgan fingerprint density at radius 1 is 0.123 bits per heavy atom. The predicted octanol–water partition coefficient (Wildman–Crippen LogP) is 41.0. The number of rotatable bonds is 13. The summed E-state index contributed by atoms with van der Waals surface area (Å²) < 4.78 is 18.3. The Bertz CT molecular complexity index is 9940. The van der Waals surface area contributed by atoms with Crippen molar-refractivity contribution in [2.24, 2.45) is 0 Å². The van der Waals surface area contributed by atoms with Gasteiger partial charge in [0.2, 0.25) is 0 Å². The fourth-order valence-corrected chi connectivity index (χ4v) is 22.5. The average Bonchev–Trinajstić information content (AvgIpc) is 0.994. The van der Waals surface area contributed by atoms with E-state index in [0.717, 1.165) is 65.8 Å². The summed E-state index contributed by atoms with van der Waals surface area (Å²) in [6, 6.07) is 189. The minimum Gasteiger partial charge on any atom is -0.456 e. The van der Waals surface area contributed by atoms with Crippen LogP contribution in [0.5, 0.6) is 0 Å². The fourth-order valence-electron chi connectivity index (χ4n) is 22.5. The molecular formula is C143H98O3. The van der Waals surface area contributed by atoms with Gasteiger partial charge in [0.25, 0.3) is 0 Å². The van der Waals surface area contributed by atoms with Crippen molar-refractivity contribution in [3.8, 4) is 145 Å². The Hall–Kier alpha value is -18.5. The Morgan fingerprint density at radius 3 is 0.589 bits per heavy atom. The van der Waals surface area contributed by atoms with Gasteiger partial charge >= 0.3 is 0 Å². The largest absolute Gasteiger partial charge is 0.456 e. The zero-order valence-corrected chi connectivity index (χ0v) is 81.4. The van der Waals surface area contributed by atoms with Crippen molar-refractivity contribution < 1.29 is 13.3 Å². The minimum atomic E-state index is 0.0358. The highest BCUT2D eigenvalue weighted by Gasteiger charge is 2.26. The second-order valence-corrected chi connectivity index (χ2v) is 39.6. The molecule has 28 rings (SSSR count). The summed E-state index contributed by atoms with van der Waals surface area (Å²) in [7, 11) is 0. The van der Waals surface area contributed by atoms with Crippen molar-refractivity contribution in [3.05, 3.63) is 533 Å². The lowest BCUT2D eigenvalue weighted by molar-refractivity contribution is 0.591.